The molecule has 3 nitrogen and oxygen atoms in total. The Balaban J connectivity index is 2.58. The Morgan fingerprint density at radius 2 is 2.07 bits per heavy atom. The highest BCUT2D eigenvalue weighted by Gasteiger charge is 2.04. The largest absolute Gasteiger partial charge is 0.399 e. The van der Waals surface area contributed by atoms with Gasteiger partial charge in [0.25, 0.3) is 0 Å². The molecular weight excluding hydrogens is 210 g/mol. The number of hydrogen-bond donors (Lipinski definition) is 1. The van der Waals surface area contributed by atoms with Crippen molar-refractivity contribution in [2.24, 2.45) is 0 Å². The van der Waals surface area contributed by atoms with Gasteiger partial charge < -0.3 is 5.73 Å². The molecule has 2 aromatic rings. The van der Waals surface area contributed by atoms with E-state index in [1.54, 1.807) is 6.07 Å². The second-order valence-electron chi connectivity index (χ2n) is 3.33. The van der Waals surface area contributed by atoms with E-state index in [2.05, 4.69) is 10.2 Å². The van der Waals surface area contributed by atoms with Gasteiger partial charge in [0, 0.05) is 11.3 Å². The van der Waals surface area contributed by atoms with Crippen LogP contribution in [0.5, 0.6) is 0 Å². The summed E-state index contributed by atoms with van der Waals surface area (Å²) in [6, 6.07) is 7.45. The van der Waals surface area contributed by atoms with Crippen molar-refractivity contribution in [3.05, 3.63) is 41.0 Å². The van der Waals surface area contributed by atoms with Crippen molar-refractivity contribution >= 4 is 17.3 Å². The van der Waals surface area contributed by atoms with Crippen LogP contribution in [0.3, 0.4) is 0 Å². The first-order valence-electron chi connectivity index (χ1n) is 4.51. The standard InChI is InChI=1S/C11H10ClN3/c1-7-2-3-9(13)5-10(7)11-4-8(12)6-14-15-11/h2-6H,13H2,1H3. The molecule has 0 atom stereocenters. The highest BCUT2D eigenvalue weighted by Crippen LogP contribution is 2.24. The Labute approximate surface area is 92.9 Å². The van der Waals surface area contributed by atoms with Gasteiger partial charge in [-0.05, 0) is 30.7 Å². The van der Waals surface area contributed by atoms with Gasteiger partial charge in [-0.2, -0.15) is 10.2 Å². The maximum absolute atomic E-state index is 5.85. The van der Waals surface area contributed by atoms with Crippen molar-refractivity contribution in [2.75, 3.05) is 5.73 Å². The Kier molecular flexibility index (Phi) is 2.56. The molecule has 0 saturated carbocycles. The van der Waals surface area contributed by atoms with E-state index in [-0.39, 0.29) is 0 Å². The van der Waals surface area contributed by atoms with E-state index < -0.39 is 0 Å². The Morgan fingerprint density at radius 3 is 2.80 bits per heavy atom. The number of hydrogen-bond acceptors (Lipinski definition) is 3. The second-order valence-corrected chi connectivity index (χ2v) is 3.77. The van der Waals surface area contributed by atoms with Gasteiger partial charge in [-0.15, -0.1) is 0 Å². The fourth-order valence-electron chi connectivity index (χ4n) is 1.39. The van der Waals surface area contributed by atoms with E-state index >= 15 is 0 Å². The summed E-state index contributed by atoms with van der Waals surface area (Å²) in [5, 5.41) is 8.40. The van der Waals surface area contributed by atoms with E-state index in [0.717, 1.165) is 16.8 Å². The zero-order valence-electron chi connectivity index (χ0n) is 8.24. The van der Waals surface area contributed by atoms with Crippen molar-refractivity contribution < 1.29 is 0 Å². The SMILES string of the molecule is Cc1ccc(N)cc1-c1cc(Cl)cnn1. The van der Waals surface area contributed by atoms with Crippen LogP contribution in [0.2, 0.25) is 5.02 Å². The molecule has 0 amide bonds. The third-order valence-corrected chi connectivity index (χ3v) is 2.37. The van der Waals surface area contributed by atoms with Crippen LogP contribution in [0.15, 0.2) is 30.5 Å². The molecule has 76 valence electrons. The first-order valence-corrected chi connectivity index (χ1v) is 4.89. The lowest BCUT2D eigenvalue weighted by atomic mass is 10.0. The number of halogens is 1. The van der Waals surface area contributed by atoms with Crippen molar-refractivity contribution in [3.63, 3.8) is 0 Å². The second kappa shape index (κ2) is 3.87. The van der Waals surface area contributed by atoms with Gasteiger partial charge in [0.1, 0.15) is 0 Å². The van der Waals surface area contributed by atoms with Gasteiger partial charge in [-0.1, -0.05) is 17.7 Å². The summed E-state index contributed by atoms with van der Waals surface area (Å²) in [4.78, 5) is 0. The molecule has 1 aromatic heterocycles. The van der Waals surface area contributed by atoms with E-state index in [0.29, 0.717) is 10.7 Å². The summed E-state index contributed by atoms with van der Waals surface area (Å²) in [6.07, 6.45) is 1.51. The Bertz CT molecular complexity index is 497. The van der Waals surface area contributed by atoms with Gasteiger partial charge in [0.15, 0.2) is 0 Å². The number of anilines is 1. The molecule has 0 saturated heterocycles. The van der Waals surface area contributed by atoms with Crippen molar-refractivity contribution in [1.82, 2.24) is 10.2 Å². The third-order valence-electron chi connectivity index (χ3n) is 2.16. The average molecular weight is 220 g/mol. The Hall–Kier alpha value is -1.61. The van der Waals surface area contributed by atoms with E-state index in [4.69, 9.17) is 17.3 Å². The van der Waals surface area contributed by atoms with Crippen LogP contribution in [0, 0.1) is 6.92 Å². The zero-order valence-corrected chi connectivity index (χ0v) is 8.99. The van der Waals surface area contributed by atoms with Crippen LogP contribution in [-0.4, -0.2) is 10.2 Å². The molecule has 1 heterocycles. The number of benzene rings is 1. The predicted molar refractivity (Wildman–Crippen MR) is 61.6 cm³/mol. The number of aryl methyl sites for hydroxylation is 1. The number of aromatic nitrogens is 2. The van der Waals surface area contributed by atoms with Gasteiger partial charge >= 0.3 is 0 Å². The number of nitrogens with zero attached hydrogens (tertiary/aromatic N) is 2. The summed E-state index contributed by atoms with van der Waals surface area (Å²) in [5.41, 5.74) is 9.23. The summed E-state index contributed by atoms with van der Waals surface area (Å²) < 4.78 is 0. The molecule has 2 N–H and O–H groups in total. The topological polar surface area (TPSA) is 51.8 Å². The number of nitrogen functional groups attached to an aromatic ring is 1. The summed E-state index contributed by atoms with van der Waals surface area (Å²) in [5.74, 6) is 0. The monoisotopic (exact) mass is 219 g/mol. The molecule has 0 aliphatic rings. The minimum absolute atomic E-state index is 0.571. The van der Waals surface area contributed by atoms with Gasteiger partial charge in [-0.25, -0.2) is 0 Å². The minimum atomic E-state index is 0.571. The molecule has 0 fully saturated rings. The van der Waals surface area contributed by atoms with Crippen LogP contribution in [0.1, 0.15) is 5.56 Å². The lowest BCUT2D eigenvalue weighted by Gasteiger charge is -2.05. The lowest BCUT2D eigenvalue weighted by Crippen LogP contribution is -1.92. The molecule has 0 spiro atoms. The molecular formula is C11H10ClN3. The average Bonchev–Trinajstić information content (AvgIpc) is 2.22. The molecule has 0 aliphatic heterocycles. The first kappa shape index (κ1) is 9.93. The van der Waals surface area contributed by atoms with Crippen LogP contribution < -0.4 is 5.73 Å². The fourth-order valence-corrected chi connectivity index (χ4v) is 1.54. The van der Waals surface area contributed by atoms with Crippen LogP contribution in [0.25, 0.3) is 11.3 Å². The molecule has 2 rings (SSSR count). The highest BCUT2D eigenvalue weighted by molar-refractivity contribution is 6.30. The van der Waals surface area contributed by atoms with Gasteiger partial charge in [0.2, 0.25) is 0 Å². The third kappa shape index (κ3) is 2.07. The summed E-state index contributed by atoms with van der Waals surface area (Å²) in [6.45, 7) is 2.00. The molecule has 4 heteroatoms. The summed E-state index contributed by atoms with van der Waals surface area (Å²) in [7, 11) is 0. The normalized spacial score (nSPS) is 10.3. The van der Waals surface area contributed by atoms with Crippen LogP contribution >= 0.6 is 11.6 Å². The van der Waals surface area contributed by atoms with Gasteiger partial charge in [0.05, 0.1) is 16.9 Å². The molecule has 0 unspecified atom stereocenters. The number of rotatable bonds is 1. The van der Waals surface area contributed by atoms with Crippen LogP contribution in [0.4, 0.5) is 5.69 Å². The van der Waals surface area contributed by atoms with Gasteiger partial charge in [-0.3, -0.25) is 0 Å². The van der Waals surface area contributed by atoms with Crippen molar-refractivity contribution in [1.29, 1.82) is 0 Å². The zero-order chi connectivity index (χ0) is 10.8. The smallest absolute Gasteiger partial charge is 0.0947 e. The lowest BCUT2D eigenvalue weighted by molar-refractivity contribution is 1.04. The number of nitrogens with two attached hydrogens (primary N) is 1. The maximum Gasteiger partial charge on any atom is 0.0947 e. The first-order chi connectivity index (χ1) is 7.16. The Morgan fingerprint density at radius 1 is 1.27 bits per heavy atom. The van der Waals surface area contributed by atoms with Crippen molar-refractivity contribution in [3.8, 4) is 11.3 Å². The highest BCUT2D eigenvalue weighted by atomic mass is 35.5. The van der Waals surface area contributed by atoms with Crippen LogP contribution in [-0.2, 0) is 0 Å². The van der Waals surface area contributed by atoms with E-state index in [9.17, 15) is 0 Å². The maximum atomic E-state index is 5.85. The molecule has 0 radical (unpaired) electrons. The molecule has 0 bridgehead atoms. The molecule has 1 aromatic carbocycles. The fraction of sp³-hybridized carbons (Fsp3) is 0.0909. The van der Waals surface area contributed by atoms with Crippen molar-refractivity contribution in [2.45, 2.75) is 6.92 Å². The molecule has 0 aliphatic carbocycles. The summed E-state index contributed by atoms with van der Waals surface area (Å²) >= 11 is 5.85. The van der Waals surface area contributed by atoms with E-state index in [1.807, 2.05) is 25.1 Å². The molecule has 15 heavy (non-hydrogen) atoms. The predicted octanol–water partition coefficient (Wildman–Crippen LogP) is 2.69. The quantitative estimate of drug-likeness (QED) is 0.751. The van der Waals surface area contributed by atoms with E-state index in [1.165, 1.54) is 6.20 Å². The minimum Gasteiger partial charge on any atom is -0.399 e.